The molecule has 0 radical (unpaired) electrons. The van der Waals surface area contributed by atoms with Gasteiger partial charge in [-0.1, -0.05) is 30.3 Å². The van der Waals surface area contributed by atoms with E-state index >= 15 is 0 Å². The zero-order valence-corrected chi connectivity index (χ0v) is 11.0. The molecule has 0 fully saturated rings. The number of aromatic nitrogens is 1. The highest BCUT2D eigenvalue weighted by molar-refractivity contribution is 7.99. The molecule has 0 aliphatic heterocycles. The third kappa shape index (κ3) is 3.48. The van der Waals surface area contributed by atoms with E-state index in [-0.39, 0.29) is 0 Å². The lowest BCUT2D eigenvalue weighted by atomic mass is 10.0. The number of thioether (sulfide) groups is 1. The highest BCUT2D eigenvalue weighted by Crippen LogP contribution is 2.28. The van der Waals surface area contributed by atoms with Crippen molar-refractivity contribution in [3.05, 3.63) is 54.2 Å². The Bertz CT molecular complexity index is 560. The van der Waals surface area contributed by atoms with E-state index in [1.54, 1.807) is 18.3 Å². The van der Waals surface area contributed by atoms with Gasteiger partial charge in [0.05, 0.1) is 11.6 Å². The molecule has 2 rings (SSSR count). The number of rotatable bonds is 5. The summed E-state index contributed by atoms with van der Waals surface area (Å²) in [5.41, 5.74) is 7.15. The fourth-order valence-corrected chi connectivity index (χ4v) is 2.71. The van der Waals surface area contributed by atoms with Crippen molar-refractivity contribution in [2.45, 2.75) is 10.9 Å². The maximum atomic E-state index is 11.3. The molecule has 0 spiro atoms. The molecule has 0 aliphatic rings. The lowest BCUT2D eigenvalue weighted by Crippen LogP contribution is -2.14. The Labute approximate surface area is 115 Å². The molecular formula is C14H14N2O2S. The number of nitrogens with two attached hydrogens (primary N) is 1. The summed E-state index contributed by atoms with van der Waals surface area (Å²) >= 11 is 1.36. The van der Waals surface area contributed by atoms with E-state index in [1.165, 1.54) is 11.8 Å². The van der Waals surface area contributed by atoms with Crippen LogP contribution in [0, 0.1) is 0 Å². The molecule has 1 unspecified atom stereocenters. The van der Waals surface area contributed by atoms with Crippen LogP contribution in [0.3, 0.4) is 0 Å². The molecule has 0 saturated carbocycles. The van der Waals surface area contributed by atoms with E-state index in [0.29, 0.717) is 16.5 Å². The van der Waals surface area contributed by atoms with E-state index < -0.39 is 11.9 Å². The summed E-state index contributed by atoms with van der Waals surface area (Å²) < 4.78 is 0. The standard InChI is InChI=1S/C14H14N2O2S/c15-12-7-4-8-16-13(12)19-9-11(14(17)18)10-5-2-1-3-6-10/h1-8,11H,9,15H2,(H,17,18). The van der Waals surface area contributed by atoms with Crippen molar-refractivity contribution in [1.29, 1.82) is 0 Å². The predicted molar refractivity (Wildman–Crippen MR) is 76.2 cm³/mol. The smallest absolute Gasteiger partial charge is 0.311 e. The highest BCUT2D eigenvalue weighted by Gasteiger charge is 2.20. The quantitative estimate of drug-likeness (QED) is 0.820. The van der Waals surface area contributed by atoms with Gasteiger partial charge in [-0.15, -0.1) is 11.8 Å². The average molecular weight is 274 g/mol. The van der Waals surface area contributed by atoms with Crippen molar-refractivity contribution in [2.75, 3.05) is 11.5 Å². The van der Waals surface area contributed by atoms with Crippen LogP contribution in [0.25, 0.3) is 0 Å². The van der Waals surface area contributed by atoms with Crippen LogP contribution in [-0.2, 0) is 4.79 Å². The summed E-state index contributed by atoms with van der Waals surface area (Å²) in [5.74, 6) is -0.999. The van der Waals surface area contributed by atoms with Crippen molar-refractivity contribution in [2.24, 2.45) is 0 Å². The van der Waals surface area contributed by atoms with Crippen LogP contribution in [0.4, 0.5) is 5.69 Å². The Morgan fingerprint density at radius 3 is 2.63 bits per heavy atom. The van der Waals surface area contributed by atoms with Crippen LogP contribution in [0.15, 0.2) is 53.7 Å². The Hall–Kier alpha value is -2.01. The van der Waals surface area contributed by atoms with Gasteiger partial charge in [-0.05, 0) is 17.7 Å². The van der Waals surface area contributed by atoms with Crippen molar-refractivity contribution in [3.63, 3.8) is 0 Å². The van der Waals surface area contributed by atoms with E-state index in [4.69, 9.17) is 5.73 Å². The molecule has 1 heterocycles. The van der Waals surface area contributed by atoms with E-state index in [9.17, 15) is 9.90 Å². The highest BCUT2D eigenvalue weighted by atomic mass is 32.2. The summed E-state index contributed by atoms with van der Waals surface area (Å²) in [5, 5.41) is 9.98. The Balaban J connectivity index is 2.11. The number of carboxylic acid groups (broad SMARTS) is 1. The summed E-state index contributed by atoms with van der Waals surface area (Å²) in [6.07, 6.45) is 1.65. The molecule has 4 nitrogen and oxygen atoms in total. The minimum absolute atomic E-state index is 0.403. The number of carboxylic acids is 1. The van der Waals surface area contributed by atoms with Gasteiger partial charge in [-0.25, -0.2) is 4.98 Å². The van der Waals surface area contributed by atoms with Gasteiger partial charge in [0.25, 0.3) is 0 Å². The van der Waals surface area contributed by atoms with Crippen LogP contribution >= 0.6 is 11.8 Å². The first kappa shape index (κ1) is 13.4. The Morgan fingerprint density at radius 2 is 2.00 bits per heavy atom. The zero-order valence-electron chi connectivity index (χ0n) is 10.2. The van der Waals surface area contributed by atoms with Gasteiger partial charge in [-0.2, -0.15) is 0 Å². The van der Waals surface area contributed by atoms with Crippen molar-refractivity contribution in [1.82, 2.24) is 4.98 Å². The minimum atomic E-state index is -0.840. The van der Waals surface area contributed by atoms with Crippen LogP contribution in [0.1, 0.15) is 11.5 Å². The number of hydrogen-bond donors (Lipinski definition) is 2. The maximum absolute atomic E-state index is 11.3. The molecule has 2 aromatic rings. The van der Waals surface area contributed by atoms with Gasteiger partial charge in [-0.3, -0.25) is 4.79 Å². The third-order valence-electron chi connectivity index (χ3n) is 2.69. The second-order valence-electron chi connectivity index (χ2n) is 4.01. The molecule has 98 valence electrons. The van der Waals surface area contributed by atoms with Gasteiger partial charge >= 0.3 is 5.97 Å². The van der Waals surface area contributed by atoms with Crippen LogP contribution < -0.4 is 5.73 Å². The van der Waals surface area contributed by atoms with Gasteiger partial charge in [0.15, 0.2) is 0 Å². The largest absolute Gasteiger partial charge is 0.481 e. The number of anilines is 1. The van der Waals surface area contributed by atoms with Gasteiger partial charge < -0.3 is 10.8 Å². The number of hydrogen-bond acceptors (Lipinski definition) is 4. The summed E-state index contributed by atoms with van der Waals surface area (Å²) in [7, 11) is 0. The summed E-state index contributed by atoms with van der Waals surface area (Å²) in [6.45, 7) is 0. The van der Waals surface area contributed by atoms with Gasteiger partial charge in [0.1, 0.15) is 5.03 Å². The molecule has 0 saturated heterocycles. The Morgan fingerprint density at radius 1 is 1.26 bits per heavy atom. The number of benzene rings is 1. The van der Waals surface area contributed by atoms with Crippen molar-refractivity contribution < 1.29 is 9.90 Å². The molecular weight excluding hydrogens is 260 g/mol. The van der Waals surface area contributed by atoms with E-state index in [0.717, 1.165) is 5.56 Å². The molecule has 3 N–H and O–H groups in total. The first-order chi connectivity index (χ1) is 9.18. The average Bonchev–Trinajstić information content (AvgIpc) is 2.42. The molecule has 1 atom stereocenters. The Kier molecular flexibility index (Phi) is 4.41. The topological polar surface area (TPSA) is 76.2 Å². The molecule has 1 aromatic heterocycles. The normalized spacial score (nSPS) is 12.0. The second-order valence-corrected chi connectivity index (χ2v) is 5.02. The molecule has 0 aliphatic carbocycles. The molecule has 0 amide bonds. The second kappa shape index (κ2) is 6.24. The lowest BCUT2D eigenvalue weighted by molar-refractivity contribution is -0.138. The minimum Gasteiger partial charge on any atom is -0.481 e. The van der Waals surface area contributed by atoms with Gasteiger partial charge in [0, 0.05) is 11.9 Å². The number of carbonyl (C=O) groups is 1. The van der Waals surface area contributed by atoms with E-state index in [1.807, 2.05) is 30.3 Å². The predicted octanol–water partition coefficient (Wildman–Crippen LogP) is 2.62. The van der Waals surface area contributed by atoms with Crippen molar-refractivity contribution in [3.8, 4) is 0 Å². The third-order valence-corrected chi connectivity index (χ3v) is 3.80. The molecule has 19 heavy (non-hydrogen) atoms. The van der Waals surface area contributed by atoms with Crippen LogP contribution in [0.2, 0.25) is 0 Å². The first-order valence-corrected chi connectivity index (χ1v) is 6.78. The lowest BCUT2D eigenvalue weighted by Gasteiger charge is -2.12. The first-order valence-electron chi connectivity index (χ1n) is 5.79. The number of aliphatic carboxylic acids is 1. The summed E-state index contributed by atoms with van der Waals surface area (Å²) in [4.78, 5) is 15.5. The van der Waals surface area contributed by atoms with Gasteiger partial charge in [0.2, 0.25) is 0 Å². The number of nitrogen functional groups attached to an aromatic ring is 1. The van der Waals surface area contributed by atoms with E-state index in [2.05, 4.69) is 4.98 Å². The number of nitrogens with zero attached hydrogens (tertiary/aromatic N) is 1. The fraction of sp³-hybridized carbons (Fsp3) is 0.143. The number of pyridine rings is 1. The van der Waals surface area contributed by atoms with Crippen LogP contribution in [-0.4, -0.2) is 21.8 Å². The van der Waals surface area contributed by atoms with Crippen molar-refractivity contribution >= 4 is 23.4 Å². The summed E-state index contributed by atoms with van der Waals surface area (Å²) in [6, 6.07) is 12.7. The zero-order chi connectivity index (χ0) is 13.7. The van der Waals surface area contributed by atoms with Crippen LogP contribution in [0.5, 0.6) is 0 Å². The fourth-order valence-electron chi connectivity index (χ4n) is 1.68. The SMILES string of the molecule is Nc1cccnc1SCC(C(=O)O)c1ccccc1. The molecule has 1 aromatic carbocycles. The molecule has 5 heteroatoms. The molecule has 0 bridgehead atoms. The monoisotopic (exact) mass is 274 g/mol. The maximum Gasteiger partial charge on any atom is 0.311 e.